The molecule has 0 aliphatic carbocycles. The van der Waals surface area contributed by atoms with E-state index in [9.17, 15) is 4.79 Å². The van der Waals surface area contributed by atoms with Crippen molar-refractivity contribution in [2.75, 3.05) is 7.11 Å². The molecule has 20 heavy (non-hydrogen) atoms. The van der Waals surface area contributed by atoms with E-state index in [0.717, 1.165) is 5.56 Å². The summed E-state index contributed by atoms with van der Waals surface area (Å²) in [5.41, 5.74) is 1.74. The molecule has 2 aromatic rings. The second-order valence-corrected chi connectivity index (χ2v) is 5.54. The van der Waals surface area contributed by atoms with Crippen molar-refractivity contribution in [1.29, 1.82) is 0 Å². The molecule has 1 heterocycles. The van der Waals surface area contributed by atoms with Crippen LogP contribution >= 0.6 is 0 Å². The maximum Gasteiger partial charge on any atom is 0.243 e. The van der Waals surface area contributed by atoms with Gasteiger partial charge in [0.25, 0.3) is 0 Å². The lowest BCUT2D eigenvalue weighted by molar-refractivity contribution is 0.102. The Morgan fingerprint density at radius 2 is 1.75 bits per heavy atom. The summed E-state index contributed by atoms with van der Waals surface area (Å²) in [7, 11) is 1.48. The van der Waals surface area contributed by atoms with Crippen molar-refractivity contribution in [3.8, 4) is 5.88 Å². The number of ketones is 1. The number of rotatable bonds is 3. The summed E-state index contributed by atoms with van der Waals surface area (Å²) in [4.78, 5) is 20.9. The molecule has 0 atom stereocenters. The molecule has 104 valence electrons. The smallest absolute Gasteiger partial charge is 0.243 e. The number of carbonyl (C=O) groups is 1. The standard InChI is InChI=1S/C16H18N2O2/c1-16(2,3)12-8-6-5-7-11(12)14(19)13-15(20-4)18-10-9-17-13/h5-10H,1-4H3. The van der Waals surface area contributed by atoms with E-state index in [1.165, 1.54) is 19.5 Å². The molecule has 0 saturated heterocycles. The Morgan fingerprint density at radius 3 is 2.40 bits per heavy atom. The van der Waals surface area contributed by atoms with Crippen molar-refractivity contribution in [3.05, 3.63) is 53.5 Å². The van der Waals surface area contributed by atoms with Crippen LogP contribution in [-0.2, 0) is 5.41 Å². The fourth-order valence-electron chi connectivity index (χ4n) is 2.09. The average molecular weight is 270 g/mol. The largest absolute Gasteiger partial charge is 0.479 e. The third-order valence-electron chi connectivity index (χ3n) is 3.05. The molecule has 0 fully saturated rings. The Hall–Kier alpha value is -2.23. The zero-order valence-electron chi connectivity index (χ0n) is 12.2. The van der Waals surface area contributed by atoms with Crippen LogP contribution in [0.15, 0.2) is 36.7 Å². The summed E-state index contributed by atoms with van der Waals surface area (Å²) < 4.78 is 5.12. The first kappa shape index (κ1) is 14.2. The molecule has 0 aliphatic heterocycles. The van der Waals surface area contributed by atoms with Crippen molar-refractivity contribution < 1.29 is 9.53 Å². The zero-order chi connectivity index (χ0) is 14.8. The Morgan fingerprint density at radius 1 is 1.10 bits per heavy atom. The molecule has 0 N–H and O–H groups in total. The minimum atomic E-state index is -0.166. The molecule has 4 nitrogen and oxygen atoms in total. The second kappa shape index (κ2) is 5.41. The van der Waals surface area contributed by atoms with E-state index in [4.69, 9.17) is 4.74 Å². The number of methoxy groups -OCH3 is 1. The number of hydrogen-bond donors (Lipinski definition) is 0. The number of benzene rings is 1. The fourth-order valence-corrected chi connectivity index (χ4v) is 2.09. The number of ether oxygens (including phenoxy) is 1. The Kier molecular flexibility index (Phi) is 3.84. The predicted octanol–water partition coefficient (Wildman–Crippen LogP) is 3.01. The summed E-state index contributed by atoms with van der Waals surface area (Å²) in [6, 6.07) is 7.57. The van der Waals surface area contributed by atoms with Crippen LogP contribution in [0.3, 0.4) is 0 Å². The average Bonchev–Trinajstić information content (AvgIpc) is 2.45. The molecule has 2 rings (SSSR count). The first-order chi connectivity index (χ1) is 9.45. The lowest BCUT2D eigenvalue weighted by atomic mass is 9.82. The zero-order valence-corrected chi connectivity index (χ0v) is 12.2. The summed E-state index contributed by atoms with van der Waals surface area (Å²) >= 11 is 0. The molecule has 0 saturated carbocycles. The number of hydrogen-bond acceptors (Lipinski definition) is 4. The molecule has 0 unspecified atom stereocenters. The van der Waals surface area contributed by atoms with Crippen LogP contribution in [0.4, 0.5) is 0 Å². The number of aromatic nitrogens is 2. The van der Waals surface area contributed by atoms with Crippen molar-refractivity contribution in [2.45, 2.75) is 26.2 Å². The first-order valence-corrected chi connectivity index (χ1v) is 6.44. The molecular formula is C16H18N2O2. The Balaban J connectivity index is 2.55. The van der Waals surface area contributed by atoms with Gasteiger partial charge < -0.3 is 4.74 Å². The summed E-state index contributed by atoms with van der Waals surface area (Å²) in [6.07, 6.45) is 3.00. The minimum Gasteiger partial charge on any atom is -0.479 e. The Labute approximate surface area is 118 Å². The van der Waals surface area contributed by atoms with E-state index in [-0.39, 0.29) is 22.8 Å². The minimum absolute atomic E-state index is 0.123. The van der Waals surface area contributed by atoms with Crippen LogP contribution in [0.5, 0.6) is 5.88 Å². The van der Waals surface area contributed by atoms with Crippen LogP contribution in [0, 0.1) is 0 Å². The van der Waals surface area contributed by atoms with E-state index in [2.05, 4.69) is 30.7 Å². The van der Waals surface area contributed by atoms with Gasteiger partial charge in [-0.05, 0) is 11.0 Å². The topological polar surface area (TPSA) is 52.1 Å². The van der Waals surface area contributed by atoms with Crippen LogP contribution in [0.1, 0.15) is 42.4 Å². The highest BCUT2D eigenvalue weighted by Gasteiger charge is 2.24. The monoisotopic (exact) mass is 270 g/mol. The van der Waals surface area contributed by atoms with Crippen molar-refractivity contribution in [3.63, 3.8) is 0 Å². The van der Waals surface area contributed by atoms with E-state index in [1.807, 2.05) is 24.3 Å². The summed E-state index contributed by atoms with van der Waals surface area (Å²) in [5.74, 6) is 0.0849. The fraction of sp³-hybridized carbons (Fsp3) is 0.312. The predicted molar refractivity (Wildman–Crippen MR) is 77.2 cm³/mol. The van der Waals surface area contributed by atoms with Gasteiger partial charge in [-0.2, -0.15) is 0 Å². The maximum atomic E-state index is 12.7. The van der Waals surface area contributed by atoms with Crippen LogP contribution in [0.2, 0.25) is 0 Å². The highest BCUT2D eigenvalue weighted by molar-refractivity contribution is 6.10. The van der Waals surface area contributed by atoms with Crippen molar-refractivity contribution in [1.82, 2.24) is 9.97 Å². The number of nitrogens with zero attached hydrogens (tertiary/aromatic N) is 2. The molecule has 1 aromatic carbocycles. The molecule has 0 bridgehead atoms. The van der Waals surface area contributed by atoms with Crippen LogP contribution < -0.4 is 4.74 Å². The third kappa shape index (κ3) is 2.69. The Bertz CT molecular complexity index is 630. The van der Waals surface area contributed by atoms with E-state index < -0.39 is 0 Å². The van der Waals surface area contributed by atoms with Crippen LogP contribution in [-0.4, -0.2) is 22.9 Å². The lowest BCUT2D eigenvalue weighted by Gasteiger charge is -2.22. The van der Waals surface area contributed by atoms with Gasteiger partial charge in [0.1, 0.15) is 0 Å². The normalized spacial score (nSPS) is 11.2. The van der Waals surface area contributed by atoms with Gasteiger partial charge in [-0.3, -0.25) is 4.79 Å². The van der Waals surface area contributed by atoms with Crippen molar-refractivity contribution >= 4 is 5.78 Å². The molecule has 0 spiro atoms. The molecule has 4 heteroatoms. The first-order valence-electron chi connectivity index (χ1n) is 6.44. The van der Waals surface area contributed by atoms with Crippen molar-refractivity contribution in [2.24, 2.45) is 0 Å². The maximum absolute atomic E-state index is 12.7. The van der Waals surface area contributed by atoms with Gasteiger partial charge in [-0.25, -0.2) is 9.97 Å². The van der Waals surface area contributed by atoms with E-state index in [1.54, 1.807) is 0 Å². The van der Waals surface area contributed by atoms with Gasteiger partial charge in [0.15, 0.2) is 5.69 Å². The molecule has 0 aliphatic rings. The summed E-state index contributed by atoms with van der Waals surface area (Å²) in [5, 5.41) is 0. The van der Waals surface area contributed by atoms with Gasteiger partial charge in [0.2, 0.25) is 11.7 Å². The van der Waals surface area contributed by atoms with Gasteiger partial charge in [0.05, 0.1) is 7.11 Å². The molecule has 0 amide bonds. The van der Waals surface area contributed by atoms with Gasteiger partial charge in [-0.15, -0.1) is 0 Å². The van der Waals surface area contributed by atoms with Gasteiger partial charge in [-0.1, -0.05) is 45.0 Å². The molecule has 0 radical (unpaired) electrons. The highest BCUT2D eigenvalue weighted by Crippen LogP contribution is 2.28. The molecular weight excluding hydrogens is 252 g/mol. The second-order valence-electron chi connectivity index (χ2n) is 5.54. The van der Waals surface area contributed by atoms with Gasteiger partial charge >= 0.3 is 0 Å². The summed E-state index contributed by atoms with van der Waals surface area (Å²) in [6.45, 7) is 6.23. The number of carbonyl (C=O) groups excluding carboxylic acids is 1. The molecule has 1 aromatic heterocycles. The lowest BCUT2D eigenvalue weighted by Crippen LogP contribution is -2.18. The van der Waals surface area contributed by atoms with E-state index in [0.29, 0.717) is 5.56 Å². The van der Waals surface area contributed by atoms with E-state index >= 15 is 0 Å². The third-order valence-corrected chi connectivity index (χ3v) is 3.05. The van der Waals surface area contributed by atoms with Crippen LogP contribution in [0.25, 0.3) is 0 Å². The SMILES string of the molecule is COc1nccnc1C(=O)c1ccccc1C(C)(C)C. The van der Waals surface area contributed by atoms with Gasteiger partial charge in [0, 0.05) is 18.0 Å². The quantitative estimate of drug-likeness (QED) is 0.804. The highest BCUT2D eigenvalue weighted by atomic mass is 16.5.